The van der Waals surface area contributed by atoms with Crippen LogP contribution in [0.25, 0.3) is 0 Å². The van der Waals surface area contributed by atoms with Crippen LogP contribution in [0.2, 0.25) is 0 Å². The second kappa shape index (κ2) is 8.71. The van der Waals surface area contributed by atoms with Crippen LogP contribution in [0, 0.1) is 5.82 Å². The first kappa shape index (κ1) is 19.1. The molecule has 0 saturated carbocycles. The Hall–Kier alpha value is -2.28. The van der Waals surface area contributed by atoms with Crippen LogP contribution in [-0.4, -0.2) is 41.6 Å². The molecule has 0 fully saturated rings. The molecule has 2 aromatic rings. The number of amides is 1. The Morgan fingerprint density at radius 3 is 2.72 bits per heavy atom. The molecule has 0 radical (unpaired) electrons. The summed E-state index contributed by atoms with van der Waals surface area (Å²) < 4.78 is 18.6. The number of carbonyl (C=O) groups is 1. The molecule has 1 amide bonds. The molecule has 1 heterocycles. The van der Waals surface area contributed by atoms with Crippen molar-refractivity contribution in [1.82, 2.24) is 20.4 Å². The minimum Gasteiger partial charge on any atom is -0.354 e. The van der Waals surface area contributed by atoms with Gasteiger partial charge in [-0.15, -0.1) is 0 Å². The average molecular weight is 348 g/mol. The summed E-state index contributed by atoms with van der Waals surface area (Å²) in [4.78, 5) is 18.3. The van der Waals surface area contributed by atoms with Crippen molar-refractivity contribution in [2.75, 3.05) is 20.6 Å². The molecule has 0 aliphatic rings. The summed E-state index contributed by atoms with van der Waals surface area (Å²) in [6.45, 7) is 4.36. The Labute approximate surface area is 147 Å². The molecule has 136 valence electrons. The highest BCUT2D eigenvalue weighted by Gasteiger charge is 2.16. The minimum atomic E-state index is -0.284. The van der Waals surface area contributed by atoms with Crippen molar-refractivity contribution in [3.8, 4) is 0 Å². The number of benzene rings is 1. The van der Waals surface area contributed by atoms with Gasteiger partial charge in [-0.25, -0.2) is 4.39 Å². The van der Waals surface area contributed by atoms with Crippen LogP contribution < -0.4 is 5.32 Å². The van der Waals surface area contributed by atoms with Crippen LogP contribution in [0.15, 0.2) is 28.8 Å². The number of likely N-dealkylation sites (N-methyl/N-ethyl adjacent to an activating group) is 1. The van der Waals surface area contributed by atoms with Crippen LogP contribution in [-0.2, 0) is 11.2 Å². The van der Waals surface area contributed by atoms with Crippen molar-refractivity contribution >= 4 is 5.91 Å². The van der Waals surface area contributed by atoms with Gasteiger partial charge in [0.05, 0.1) is 6.04 Å². The third-order valence-corrected chi connectivity index (χ3v) is 3.92. The monoisotopic (exact) mass is 348 g/mol. The molecule has 1 N–H and O–H groups in total. The van der Waals surface area contributed by atoms with Crippen molar-refractivity contribution < 1.29 is 13.7 Å². The fourth-order valence-electron chi connectivity index (χ4n) is 2.44. The summed E-state index contributed by atoms with van der Waals surface area (Å²) in [7, 11) is 3.79. The van der Waals surface area contributed by atoms with Crippen LogP contribution in [0.3, 0.4) is 0 Å². The zero-order valence-electron chi connectivity index (χ0n) is 15.1. The first-order chi connectivity index (χ1) is 11.9. The third-order valence-electron chi connectivity index (χ3n) is 3.92. The van der Waals surface area contributed by atoms with Gasteiger partial charge in [-0.3, -0.25) is 4.79 Å². The lowest BCUT2D eigenvalue weighted by atomic mass is 10.1. The van der Waals surface area contributed by atoms with Gasteiger partial charge in [0.2, 0.25) is 11.8 Å². The Morgan fingerprint density at radius 2 is 2.12 bits per heavy atom. The minimum absolute atomic E-state index is 0.101. The van der Waals surface area contributed by atoms with Gasteiger partial charge in [-0.1, -0.05) is 31.1 Å². The molecule has 6 nitrogen and oxygen atoms in total. The van der Waals surface area contributed by atoms with E-state index in [-0.39, 0.29) is 30.1 Å². The Kier molecular flexibility index (Phi) is 6.64. The number of aryl methyl sites for hydroxylation is 1. The number of nitrogens with one attached hydrogen (secondary N) is 1. The van der Waals surface area contributed by atoms with Gasteiger partial charge in [-0.2, -0.15) is 4.98 Å². The van der Waals surface area contributed by atoms with Crippen LogP contribution in [0.1, 0.15) is 49.5 Å². The standard InChI is InChI=1S/C18H25FN4O2/c1-12(2)18-21-17(25-22-18)9-8-16(24)20-11-15(23(3)4)13-6-5-7-14(19)10-13/h5-7,10,12,15H,8-9,11H2,1-4H3,(H,20,24). The molecule has 0 saturated heterocycles. The predicted octanol–water partition coefficient (Wildman–Crippen LogP) is 2.68. The van der Waals surface area contributed by atoms with Crippen molar-refractivity contribution in [1.29, 1.82) is 0 Å². The van der Waals surface area contributed by atoms with Gasteiger partial charge in [0.1, 0.15) is 5.82 Å². The number of aromatic nitrogens is 2. The molecule has 0 aliphatic carbocycles. The SMILES string of the molecule is CC(C)c1noc(CCC(=O)NCC(c2cccc(F)c2)N(C)C)n1. The van der Waals surface area contributed by atoms with E-state index in [0.29, 0.717) is 24.7 Å². The van der Waals surface area contributed by atoms with Crippen LogP contribution >= 0.6 is 0 Å². The predicted molar refractivity (Wildman–Crippen MR) is 92.5 cm³/mol. The highest BCUT2D eigenvalue weighted by molar-refractivity contribution is 5.76. The highest BCUT2D eigenvalue weighted by Crippen LogP contribution is 2.18. The molecule has 2 rings (SSSR count). The fourth-order valence-corrected chi connectivity index (χ4v) is 2.44. The summed E-state index contributed by atoms with van der Waals surface area (Å²) in [5.41, 5.74) is 0.823. The largest absolute Gasteiger partial charge is 0.354 e. The summed E-state index contributed by atoms with van der Waals surface area (Å²) in [6.07, 6.45) is 0.668. The van der Waals surface area contributed by atoms with Crippen molar-refractivity contribution in [2.45, 2.75) is 38.6 Å². The topological polar surface area (TPSA) is 71.3 Å². The molecule has 1 aromatic heterocycles. The zero-order valence-corrected chi connectivity index (χ0v) is 15.1. The average Bonchev–Trinajstić information content (AvgIpc) is 3.02. The van der Waals surface area contributed by atoms with E-state index >= 15 is 0 Å². The van der Waals surface area contributed by atoms with E-state index in [1.165, 1.54) is 12.1 Å². The number of carbonyl (C=O) groups excluding carboxylic acids is 1. The van der Waals surface area contributed by atoms with Crippen molar-refractivity contribution in [3.05, 3.63) is 47.4 Å². The Bertz CT molecular complexity index is 700. The summed E-state index contributed by atoms with van der Waals surface area (Å²) in [5.74, 6) is 0.918. The summed E-state index contributed by atoms with van der Waals surface area (Å²) in [6, 6.07) is 6.32. The van der Waals surface area contributed by atoms with Gasteiger partial charge < -0.3 is 14.7 Å². The molecular weight excluding hydrogens is 323 g/mol. The van der Waals surface area contributed by atoms with Gasteiger partial charge >= 0.3 is 0 Å². The molecule has 0 aliphatic heterocycles. The summed E-state index contributed by atoms with van der Waals surface area (Å²) in [5, 5.41) is 6.77. The van der Waals surface area contributed by atoms with E-state index in [1.807, 2.05) is 38.9 Å². The van der Waals surface area contributed by atoms with E-state index in [0.717, 1.165) is 5.56 Å². The first-order valence-electron chi connectivity index (χ1n) is 8.38. The van der Waals surface area contributed by atoms with Crippen molar-refractivity contribution in [3.63, 3.8) is 0 Å². The van der Waals surface area contributed by atoms with Crippen molar-refractivity contribution in [2.24, 2.45) is 0 Å². The maximum absolute atomic E-state index is 13.4. The molecule has 25 heavy (non-hydrogen) atoms. The molecule has 1 atom stereocenters. The number of nitrogens with zero attached hydrogens (tertiary/aromatic N) is 3. The zero-order chi connectivity index (χ0) is 18.4. The van der Waals surface area contributed by atoms with E-state index in [2.05, 4.69) is 15.5 Å². The van der Waals surface area contributed by atoms with E-state index in [1.54, 1.807) is 6.07 Å². The molecule has 7 heteroatoms. The summed E-state index contributed by atoms with van der Waals surface area (Å²) >= 11 is 0. The van der Waals surface area contributed by atoms with Gasteiger partial charge in [0.15, 0.2) is 5.82 Å². The third kappa shape index (κ3) is 5.63. The Balaban J connectivity index is 1.86. The smallest absolute Gasteiger partial charge is 0.227 e. The molecule has 1 unspecified atom stereocenters. The van der Waals surface area contributed by atoms with Gasteiger partial charge in [0.25, 0.3) is 0 Å². The van der Waals surface area contributed by atoms with Crippen LogP contribution in [0.4, 0.5) is 4.39 Å². The number of hydrogen-bond acceptors (Lipinski definition) is 5. The number of halogens is 1. The van der Waals surface area contributed by atoms with E-state index in [4.69, 9.17) is 4.52 Å². The molecule has 0 bridgehead atoms. The molecular formula is C18H25FN4O2. The second-order valence-electron chi connectivity index (χ2n) is 6.54. The molecule has 1 aromatic carbocycles. The normalized spacial score (nSPS) is 12.6. The number of hydrogen-bond donors (Lipinski definition) is 1. The fraction of sp³-hybridized carbons (Fsp3) is 0.500. The van der Waals surface area contributed by atoms with E-state index < -0.39 is 0 Å². The van der Waals surface area contributed by atoms with Gasteiger partial charge in [0, 0.05) is 25.3 Å². The quantitative estimate of drug-likeness (QED) is 0.794. The molecule has 0 spiro atoms. The number of rotatable bonds is 8. The Morgan fingerprint density at radius 1 is 1.36 bits per heavy atom. The lowest BCUT2D eigenvalue weighted by Crippen LogP contribution is -2.34. The maximum Gasteiger partial charge on any atom is 0.227 e. The highest BCUT2D eigenvalue weighted by atomic mass is 19.1. The van der Waals surface area contributed by atoms with Crippen LogP contribution in [0.5, 0.6) is 0 Å². The second-order valence-corrected chi connectivity index (χ2v) is 6.54. The van der Waals surface area contributed by atoms with Gasteiger partial charge in [-0.05, 0) is 31.8 Å². The maximum atomic E-state index is 13.4. The lowest BCUT2D eigenvalue weighted by molar-refractivity contribution is -0.121. The lowest BCUT2D eigenvalue weighted by Gasteiger charge is -2.25. The first-order valence-corrected chi connectivity index (χ1v) is 8.38. The van der Waals surface area contributed by atoms with E-state index in [9.17, 15) is 9.18 Å².